The van der Waals surface area contributed by atoms with Crippen molar-refractivity contribution in [3.63, 3.8) is 0 Å². The van der Waals surface area contributed by atoms with Gasteiger partial charge in [-0.2, -0.15) is 4.31 Å². The number of pyridine rings is 1. The summed E-state index contributed by atoms with van der Waals surface area (Å²) in [5.74, 6) is 0.889. The van der Waals surface area contributed by atoms with Crippen LogP contribution in [0.1, 0.15) is 5.56 Å². The van der Waals surface area contributed by atoms with E-state index in [1.54, 1.807) is 28.2 Å². The number of aryl methyl sites for hydroxylation is 1. The highest BCUT2D eigenvalue weighted by molar-refractivity contribution is 7.99. The zero-order valence-corrected chi connectivity index (χ0v) is 17.4. The summed E-state index contributed by atoms with van der Waals surface area (Å²) in [7, 11) is -3.40. The molecule has 1 saturated heterocycles. The molecule has 0 atom stereocenters. The second kappa shape index (κ2) is 8.20. The minimum atomic E-state index is -3.40. The van der Waals surface area contributed by atoms with E-state index in [0.29, 0.717) is 18.0 Å². The van der Waals surface area contributed by atoms with Crippen molar-refractivity contribution in [2.45, 2.75) is 17.0 Å². The molecule has 1 aliphatic rings. The fourth-order valence-corrected chi connectivity index (χ4v) is 5.58. The average molecular weight is 418 g/mol. The number of hydrogen-bond acceptors (Lipinski definition) is 6. The molecule has 9 heteroatoms. The maximum Gasteiger partial charge on any atom is 0.243 e. The number of thioether (sulfide) groups is 1. The molecular weight excluding hydrogens is 394 g/mol. The van der Waals surface area contributed by atoms with E-state index in [9.17, 15) is 8.42 Å². The van der Waals surface area contributed by atoms with E-state index < -0.39 is 10.0 Å². The van der Waals surface area contributed by atoms with E-state index in [1.165, 1.54) is 0 Å². The van der Waals surface area contributed by atoms with Gasteiger partial charge in [-0.1, -0.05) is 35.5 Å². The summed E-state index contributed by atoms with van der Waals surface area (Å²) in [5.41, 5.74) is 1.90. The molecule has 0 spiro atoms. The molecule has 7 nitrogen and oxygen atoms in total. The van der Waals surface area contributed by atoms with E-state index in [4.69, 9.17) is 0 Å². The van der Waals surface area contributed by atoms with Crippen molar-refractivity contribution in [1.29, 1.82) is 0 Å². The number of sulfonamides is 1. The van der Waals surface area contributed by atoms with Gasteiger partial charge >= 0.3 is 0 Å². The second-order valence-corrected chi connectivity index (χ2v) is 9.82. The summed E-state index contributed by atoms with van der Waals surface area (Å²) in [4.78, 5) is 2.68. The molecule has 0 aliphatic carbocycles. The van der Waals surface area contributed by atoms with Crippen molar-refractivity contribution in [1.82, 2.24) is 23.8 Å². The van der Waals surface area contributed by atoms with Gasteiger partial charge in [-0.25, -0.2) is 8.42 Å². The number of nitrogens with zero attached hydrogens (tertiary/aromatic N) is 5. The standard InChI is InChI=1S/C19H23N5O2S2/c1-16-5-7-17(8-6-16)28(25,26)23-12-10-22(11-13-23)14-15-27-19-21-20-18-4-2-3-9-24(18)19/h2-9H,10-15H2,1H3. The minimum Gasteiger partial charge on any atom is -0.300 e. The largest absolute Gasteiger partial charge is 0.300 e. The summed E-state index contributed by atoms with van der Waals surface area (Å²) in [6.07, 6.45) is 1.96. The molecule has 1 aromatic carbocycles. The van der Waals surface area contributed by atoms with Crippen LogP contribution >= 0.6 is 11.8 Å². The quantitative estimate of drug-likeness (QED) is 0.573. The Hall–Kier alpha value is -1.94. The van der Waals surface area contributed by atoms with Gasteiger partial charge in [-0.05, 0) is 31.2 Å². The van der Waals surface area contributed by atoms with Gasteiger partial charge in [-0.3, -0.25) is 9.30 Å². The Morgan fingerprint density at radius 2 is 1.75 bits per heavy atom. The van der Waals surface area contributed by atoms with Crippen LogP contribution in [0.2, 0.25) is 0 Å². The SMILES string of the molecule is Cc1ccc(S(=O)(=O)N2CCN(CCSc3nnc4ccccn34)CC2)cc1. The van der Waals surface area contributed by atoms with Gasteiger partial charge < -0.3 is 0 Å². The number of rotatable bonds is 6. The normalized spacial score (nSPS) is 16.6. The fourth-order valence-electron chi connectivity index (χ4n) is 3.24. The van der Waals surface area contributed by atoms with Crippen LogP contribution in [0.4, 0.5) is 0 Å². The van der Waals surface area contributed by atoms with Crippen LogP contribution in [0.5, 0.6) is 0 Å². The van der Waals surface area contributed by atoms with E-state index >= 15 is 0 Å². The van der Waals surface area contributed by atoms with Gasteiger partial charge in [0.2, 0.25) is 10.0 Å². The Balaban J connectivity index is 1.29. The Kier molecular flexibility index (Phi) is 5.68. The Labute approximate surface area is 169 Å². The molecule has 0 unspecified atom stereocenters. The lowest BCUT2D eigenvalue weighted by Crippen LogP contribution is -2.49. The van der Waals surface area contributed by atoms with Crippen LogP contribution in [-0.2, 0) is 10.0 Å². The first-order valence-corrected chi connectivity index (χ1v) is 11.7. The van der Waals surface area contributed by atoms with Crippen LogP contribution in [0, 0.1) is 6.92 Å². The van der Waals surface area contributed by atoms with Gasteiger partial charge in [0.15, 0.2) is 10.8 Å². The maximum absolute atomic E-state index is 12.8. The van der Waals surface area contributed by atoms with Crippen LogP contribution in [0.15, 0.2) is 58.7 Å². The highest BCUT2D eigenvalue weighted by Crippen LogP contribution is 2.20. The highest BCUT2D eigenvalue weighted by Gasteiger charge is 2.28. The third-order valence-corrected chi connectivity index (χ3v) is 7.75. The second-order valence-electron chi connectivity index (χ2n) is 6.82. The Morgan fingerprint density at radius 1 is 1.00 bits per heavy atom. The first-order valence-electron chi connectivity index (χ1n) is 9.26. The van der Waals surface area contributed by atoms with Crippen molar-refractivity contribution in [2.75, 3.05) is 38.5 Å². The maximum atomic E-state index is 12.8. The van der Waals surface area contributed by atoms with Crippen molar-refractivity contribution in [3.05, 3.63) is 54.2 Å². The molecule has 1 aliphatic heterocycles. The van der Waals surface area contributed by atoms with E-state index in [-0.39, 0.29) is 0 Å². The van der Waals surface area contributed by atoms with Crippen LogP contribution < -0.4 is 0 Å². The molecule has 0 N–H and O–H groups in total. The Morgan fingerprint density at radius 3 is 2.50 bits per heavy atom. The van der Waals surface area contributed by atoms with E-state index in [2.05, 4.69) is 15.1 Å². The zero-order chi connectivity index (χ0) is 19.6. The number of fused-ring (bicyclic) bond motifs is 1. The van der Waals surface area contributed by atoms with Crippen molar-refractivity contribution < 1.29 is 8.42 Å². The predicted octanol–water partition coefficient (Wildman–Crippen LogP) is 2.14. The Bertz CT molecular complexity index is 1040. The van der Waals surface area contributed by atoms with Gasteiger partial charge in [0.1, 0.15) is 0 Å². The van der Waals surface area contributed by atoms with Crippen LogP contribution in [-0.4, -0.2) is 70.7 Å². The smallest absolute Gasteiger partial charge is 0.243 e. The monoisotopic (exact) mass is 417 g/mol. The molecule has 4 rings (SSSR count). The van der Waals surface area contributed by atoms with Gasteiger partial charge in [0.05, 0.1) is 4.90 Å². The molecule has 0 radical (unpaired) electrons. The molecule has 0 saturated carbocycles. The zero-order valence-electron chi connectivity index (χ0n) is 15.7. The first-order chi connectivity index (χ1) is 13.5. The molecule has 2 aromatic heterocycles. The lowest BCUT2D eigenvalue weighted by atomic mass is 10.2. The van der Waals surface area contributed by atoms with Crippen molar-refractivity contribution in [3.8, 4) is 0 Å². The average Bonchev–Trinajstić information content (AvgIpc) is 3.12. The lowest BCUT2D eigenvalue weighted by molar-refractivity contribution is 0.197. The van der Waals surface area contributed by atoms with Crippen molar-refractivity contribution >= 4 is 27.4 Å². The first kappa shape index (κ1) is 19.4. The highest BCUT2D eigenvalue weighted by atomic mass is 32.2. The van der Waals surface area contributed by atoms with Gasteiger partial charge in [0.25, 0.3) is 0 Å². The van der Waals surface area contributed by atoms with Crippen LogP contribution in [0.25, 0.3) is 5.65 Å². The third-order valence-electron chi connectivity index (χ3n) is 4.91. The number of piperazine rings is 1. The molecule has 0 bridgehead atoms. The molecule has 3 heterocycles. The molecule has 148 valence electrons. The number of benzene rings is 1. The number of aromatic nitrogens is 3. The van der Waals surface area contributed by atoms with Crippen molar-refractivity contribution in [2.24, 2.45) is 0 Å². The van der Waals surface area contributed by atoms with E-state index in [1.807, 2.05) is 47.9 Å². The summed E-state index contributed by atoms with van der Waals surface area (Å²) >= 11 is 1.67. The van der Waals surface area contributed by atoms with Crippen LogP contribution in [0.3, 0.4) is 0 Å². The summed E-state index contributed by atoms with van der Waals surface area (Å²) in [6, 6.07) is 12.9. The predicted molar refractivity (Wildman–Crippen MR) is 110 cm³/mol. The molecule has 3 aromatic rings. The van der Waals surface area contributed by atoms with Gasteiger partial charge in [0, 0.05) is 44.7 Å². The molecular formula is C19H23N5O2S2. The number of hydrogen-bond donors (Lipinski definition) is 0. The van der Waals surface area contributed by atoms with E-state index in [0.717, 1.165) is 41.8 Å². The van der Waals surface area contributed by atoms with Gasteiger partial charge in [-0.15, -0.1) is 10.2 Å². The topological polar surface area (TPSA) is 70.8 Å². The lowest BCUT2D eigenvalue weighted by Gasteiger charge is -2.33. The molecule has 28 heavy (non-hydrogen) atoms. The molecule has 0 amide bonds. The minimum absolute atomic E-state index is 0.376. The summed E-state index contributed by atoms with van der Waals surface area (Å²) in [5, 5.41) is 9.28. The summed E-state index contributed by atoms with van der Waals surface area (Å²) in [6.45, 7) is 5.38. The third kappa shape index (κ3) is 4.07. The molecule has 1 fully saturated rings. The summed E-state index contributed by atoms with van der Waals surface area (Å²) < 4.78 is 29.1. The fraction of sp³-hybridized carbons (Fsp3) is 0.368.